The van der Waals surface area contributed by atoms with E-state index in [1.165, 1.54) is 0 Å². The van der Waals surface area contributed by atoms with Crippen LogP contribution < -0.4 is 10.1 Å². The lowest BCUT2D eigenvalue weighted by molar-refractivity contribution is -0.136. The highest BCUT2D eigenvalue weighted by molar-refractivity contribution is 5.99. The fourth-order valence-electron chi connectivity index (χ4n) is 4.69. The van der Waals surface area contributed by atoms with Crippen LogP contribution >= 0.6 is 0 Å². The maximum absolute atomic E-state index is 13.3. The first-order valence-corrected chi connectivity index (χ1v) is 9.60. The van der Waals surface area contributed by atoms with Crippen LogP contribution in [-0.4, -0.2) is 47.1 Å². The first-order chi connectivity index (χ1) is 14.1. The number of pyridine rings is 1. The average molecular weight is 391 g/mol. The molecule has 2 saturated heterocycles. The molecule has 2 fully saturated rings. The Hall–Kier alpha value is -3.19. The van der Waals surface area contributed by atoms with Crippen molar-refractivity contribution in [2.75, 3.05) is 19.0 Å². The third kappa shape index (κ3) is 2.81. The van der Waals surface area contributed by atoms with Gasteiger partial charge >= 0.3 is 0 Å². The third-order valence-electron chi connectivity index (χ3n) is 5.94. The summed E-state index contributed by atoms with van der Waals surface area (Å²) in [5.74, 6) is -0.806. The van der Waals surface area contributed by atoms with Gasteiger partial charge in [0.1, 0.15) is 11.4 Å². The molecule has 2 amide bonds. The summed E-state index contributed by atoms with van der Waals surface area (Å²) in [7, 11) is 1.56. The lowest BCUT2D eigenvalue weighted by Crippen LogP contribution is -2.41. The molecule has 1 aromatic heterocycles. The average Bonchev–Trinajstić information content (AvgIpc) is 3.37. The molecule has 4 atom stereocenters. The Balaban J connectivity index is 1.39. The van der Waals surface area contributed by atoms with Gasteiger partial charge in [-0.05, 0) is 23.8 Å². The zero-order chi connectivity index (χ0) is 20.0. The number of aromatic nitrogens is 1. The van der Waals surface area contributed by atoms with Crippen LogP contribution in [0.3, 0.4) is 0 Å². The highest BCUT2D eigenvalue weighted by Gasteiger charge is 2.66. The van der Waals surface area contributed by atoms with E-state index in [1.54, 1.807) is 36.5 Å². The number of fused-ring (bicyclic) bond motifs is 1. The molecule has 2 aromatic rings. The van der Waals surface area contributed by atoms with Crippen molar-refractivity contribution < 1.29 is 19.1 Å². The van der Waals surface area contributed by atoms with Gasteiger partial charge in [-0.25, -0.2) is 0 Å². The summed E-state index contributed by atoms with van der Waals surface area (Å²) < 4.78 is 11.5. The molecule has 3 aliphatic heterocycles. The summed E-state index contributed by atoms with van der Waals surface area (Å²) in [5.41, 5.74) is 0.802. The smallest absolute Gasteiger partial charge is 0.231 e. The van der Waals surface area contributed by atoms with Crippen LogP contribution in [0.15, 0.2) is 60.9 Å². The maximum atomic E-state index is 13.3. The number of para-hydroxylation sites is 2. The van der Waals surface area contributed by atoms with Gasteiger partial charge in [0.2, 0.25) is 11.8 Å². The second kappa shape index (κ2) is 6.70. The molecule has 7 heteroatoms. The molecule has 0 aliphatic carbocycles. The maximum Gasteiger partial charge on any atom is 0.231 e. The molecule has 1 N–H and O–H groups in total. The number of carbonyl (C=O) groups excluding carboxylic acids is 2. The molecular formula is C22H21N3O4. The van der Waals surface area contributed by atoms with E-state index in [0.29, 0.717) is 24.5 Å². The molecule has 4 heterocycles. The molecule has 1 aromatic carbocycles. The molecule has 0 unspecified atom stereocenters. The zero-order valence-corrected chi connectivity index (χ0v) is 15.9. The molecule has 29 heavy (non-hydrogen) atoms. The van der Waals surface area contributed by atoms with Crippen molar-refractivity contribution in [1.29, 1.82) is 0 Å². The highest BCUT2D eigenvalue weighted by Crippen LogP contribution is 2.52. The number of benzene rings is 1. The largest absolute Gasteiger partial charge is 0.495 e. The topological polar surface area (TPSA) is 80.8 Å². The third-order valence-corrected chi connectivity index (χ3v) is 5.94. The summed E-state index contributed by atoms with van der Waals surface area (Å²) >= 11 is 0. The Morgan fingerprint density at radius 2 is 2.21 bits per heavy atom. The Bertz CT molecular complexity index is 993. The van der Waals surface area contributed by atoms with Gasteiger partial charge < -0.3 is 19.7 Å². The quantitative estimate of drug-likeness (QED) is 0.789. The zero-order valence-electron chi connectivity index (χ0n) is 15.9. The number of carbonyl (C=O) groups is 2. The number of ether oxygens (including phenoxy) is 2. The van der Waals surface area contributed by atoms with Gasteiger partial charge in [0, 0.05) is 18.9 Å². The van der Waals surface area contributed by atoms with Crippen molar-refractivity contribution in [3.63, 3.8) is 0 Å². The second-order valence-electron chi connectivity index (χ2n) is 7.65. The lowest BCUT2D eigenvalue weighted by Gasteiger charge is -2.23. The number of methoxy groups -OCH3 is 1. The molecule has 5 rings (SSSR count). The van der Waals surface area contributed by atoms with Gasteiger partial charge in [0.15, 0.2) is 0 Å². The number of nitrogens with one attached hydrogen (secondary N) is 1. The van der Waals surface area contributed by atoms with Crippen molar-refractivity contribution in [3.05, 3.63) is 66.5 Å². The first-order valence-electron chi connectivity index (χ1n) is 9.60. The highest BCUT2D eigenvalue weighted by atomic mass is 16.5. The Kier molecular flexibility index (Phi) is 4.13. The molecule has 2 bridgehead atoms. The van der Waals surface area contributed by atoms with Crippen LogP contribution in [0.2, 0.25) is 0 Å². The molecule has 1 spiro atoms. The number of amides is 2. The Labute approximate surface area is 168 Å². The van der Waals surface area contributed by atoms with Gasteiger partial charge in [0.05, 0.1) is 37.3 Å². The summed E-state index contributed by atoms with van der Waals surface area (Å²) in [6.45, 7) is 0.893. The molecule has 0 saturated carbocycles. The SMILES string of the molecule is COc1ccccc1NC(=O)[C@H]1[C@H]2C=C[C@@]3(CN(Cc4cccnc4)C(=O)[C@@H]13)O2. The summed E-state index contributed by atoms with van der Waals surface area (Å²) in [6.07, 6.45) is 6.92. The molecule has 3 aliphatic rings. The van der Waals surface area contributed by atoms with E-state index in [4.69, 9.17) is 9.47 Å². The van der Waals surface area contributed by atoms with Gasteiger partial charge in [-0.15, -0.1) is 0 Å². The van der Waals surface area contributed by atoms with Crippen LogP contribution in [0, 0.1) is 11.8 Å². The van der Waals surface area contributed by atoms with Crippen LogP contribution in [0.5, 0.6) is 5.75 Å². The van der Waals surface area contributed by atoms with Gasteiger partial charge in [-0.3, -0.25) is 14.6 Å². The fraction of sp³-hybridized carbons (Fsp3) is 0.318. The fourth-order valence-corrected chi connectivity index (χ4v) is 4.69. The van der Waals surface area contributed by atoms with E-state index in [1.807, 2.05) is 36.4 Å². The standard InChI is InChI=1S/C22H21N3O4/c1-28-16-7-3-2-6-15(16)24-20(26)18-17-8-9-22(29-17)13-25(21(27)19(18)22)12-14-5-4-10-23-11-14/h2-11,17-19H,12-13H2,1H3,(H,24,26)/t17-,18+,19-,22+/m1/s1. The van der Waals surface area contributed by atoms with E-state index in [9.17, 15) is 9.59 Å². The predicted molar refractivity (Wildman–Crippen MR) is 105 cm³/mol. The Morgan fingerprint density at radius 3 is 3.00 bits per heavy atom. The molecule has 7 nitrogen and oxygen atoms in total. The molecular weight excluding hydrogens is 370 g/mol. The summed E-state index contributed by atoms with van der Waals surface area (Å²) in [6, 6.07) is 11.0. The minimum Gasteiger partial charge on any atom is -0.495 e. The van der Waals surface area contributed by atoms with E-state index in [-0.39, 0.29) is 17.9 Å². The van der Waals surface area contributed by atoms with E-state index < -0.39 is 17.4 Å². The van der Waals surface area contributed by atoms with Crippen molar-refractivity contribution in [1.82, 2.24) is 9.88 Å². The van der Waals surface area contributed by atoms with Crippen LogP contribution in [0.1, 0.15) is 5.56 Å². The number of anilines is 1. The van der Waals surface area contributed by atoms with Crippen LogP contribution in [0.25, 0.3) is 0 Å². The van der Waals surface area contributed by atoms with E-state index >= 15 is 0 Å². The number of rotatable bonds is 5. The number of hydrogen-bond donors (Lipinski definition) is 1. The number of likely N-dealkylation sites (tertiary alicyclic amines) is 1. The van der Waals surface area contributed by atoms with Gasteiger partial charge in [-0.2, -0.15) is 0 Å². The van der Waals surface area contributed by atoms with Gasteiger partial charge in [0.25, 0.3) is 0 Å². The number of nitrogens with zero attached hydrogens (tertiary/aromatic N) is 2. The molecule has 148 valence electrons. The molecule has 0 radical (unpaired) electrons. The minimum absolute atomic E-state index is 0.0547. The lowest BCUT2D eigenvalue weighted by atomic mass is 9.76. The summed E-state index contributed by atoms with van der Waals surface area (Å²) in [5, 5.41) is 2.92. The summed E-state index contributed by atoms with van der Waals surface area (Å²) in [4.78, 5) is 32.3. The van der Waals surface area contributed by atoms with E-state index in [0.717, 1.165) is 5.56 Å². The Morgan fingerprint density at radius 1 is 1.34 bits per heavy atom. The van der Waals surface area contributed by atoms with Crippen molar-refractivity contribution in [2.24, 2.45) is 11.8 Å². The second-order valence-corrected chi connectivity index (χ2v) is 7.65. The van der Waals surface area contributed by atoms with Gasteiger partial charge in [-0.1, -0.05) is 30.4 Å². The predicted octanol–water partition coefficient (Wildman–Crippen LogP) is 2.01. The minimum atomic E-state index is -0.729. The van der Waals surface area contributed by atoms with Crippen molar-refractivity contribution in [3.8, 4) is 5.75 Å². The van der Waals surface area contributed by atoms with Crippen LogP contribution in [0.4, 0.5) is 5.69 Å². The first kappa shape index (κ1) is 17.9. The van der Waals surface area contributed by atoms with Crippen molar-refractivity contribution >= 4 is 17.5 Å². The number of hydrogen-bond acceptors (Lipinski definition) is 5. The van der Waals surface area contributed by atoms with E-state index in [2.05, 4.69) is 10.3 Å². The van der Waals surface area contributed by atoms with Crippen LogP contribution in [-0.2, 0) is 20.9 Å². The van der Waals surface area contributed by atoms with Crippen molar-refractivity contribution in [2.45, 2.75) is 18.2 Å². The monoisotopic (exact) mass is 391 g/mol. The normalized spacial score (nSPS) is 29.2.